The van der Waals surface area contributed by atoms with Crippen molar-refractivity contribution in [3.63, 3.8) is 0 Å². The highest BCUT2D eigenvalue weighted by Gasteiger charge is 2.13. The molecular formula is C9H23N. The van der Waals surface area contributed by atoms with Crippen molar-refractivity contribution in [3.8, 4) is 0 Å². The Kier molecular flexibility index (Phi) is 7.22. The van der Waals surface area contributed by atoms with Gasteiger partial charge >= 0.3 is 0 Å². The van der Waals surface area contributed by atoms with Crippen molar-refractivity contribution in [1.82, 2.24) is 4.90 Å². The van der Waals surface area contributed by atoms with E-state index >= 15 is 0 Å². The molecule has 0 aliphatic carbocycles. The molecule has 0 rings (SSSR count). The first-order valence-corrected chi connectivity index (χ1v) is 4.19. The Balaban J connectivity index is 0. The van der Waals surface area contributed by atoms with Crippen LogP contribution in [0.1, 0.15) is 41.5 Å². The molecule has 0 aliphatic heterocycles. The van der Waals surface area contributed by atoms with Crippen molar-refractivity contribution in [2.24, 2.45) is 0 Å². The summed E-state index contributed by atoms with van der Waals surface area (Å²) >= 11 is 0. The quantitative estimate of drug-likeness (QED) is 0.548. The lowest BCUT2D eigenvalue weighted by molar-refractivity contribution is 0.185. The number of hydrogen-bond acceptors (Lipinski definition) is 1. The molecule has 0 aliphatic rings. The molecule has 0 unspecified atom stereocenters. The Morgan fingerprint density at radius 3 is 1.40 bits per heavy atom. The highest BCUT2D eigenvalue weighted by Crippen LogP contribution is 2.08. The molecule has 0 aromatic heterocycles. The SMILES string of the molecule is CC.CCN(C)C(C)(C)C. The first kappa shape index (κ1) is 12.6. The molecule has 0 aromatic rings. The predicted molar refractivity (Wildman–Crippen MR) is 49.4 cm³/mol. The molecule has 0 heterocycles. The van der Waals surface area contributed by atoms with E-state index in [1.165, 1.54) is 0 Å². The van der Waals surface area contributed by atoms with E-state index in [0.29, 0.717) is 5.54 Å². The number of hydrogen-bond donors (Lipinski definition) is 0. The third kappa shape index (κ3) is 6.09. The van der Waals surface area contributed by atoms with Crippen LogP contribution in [0.3, 0.4) is 0 Å². The van der Waals surface area contributed by atoms with Gasteiger partial charge in [-0.25, -0.2) is 0 Å². The molecule has 64 valence electrons. The molecule has 0 saturated carbocycles. The van der Waals surface area contributed by atoms with Crippen LogP contribution < -0.4 is 0 Å². The average molecular weight is 145 g/mol. The van der Waals surface area contributed by atoms with Gasteiger partial charge in [-0.05, 0) is 34.4 Å². The van der Waals surface area contributed by atoms with E-state index in [0.717, 1.165) is 6.54 Å². The van der Waals surface area contributed by atoms with E-state index in [4.69, 9.17) is 0 Å². The lowest BCUT2D eigenvalue weighted by Gasteiger charge is -2.30. The first-order chi connectivity index (χ1) is 4.48. The Morgan fingerprint density at radius 1 is 1.10 bits per heavy atom. The van der Waals surface area contributed by atoms with Gasteiger partial charge in [-0.15, -0.1) is 0 Å². The van der Waals surface area contributed by atoms with Crippen LogP contribution in [0, 0.1) is 0 Å². The zero-order chi connectivity index (χ0) is 8.78. The normalized spacial score (nSPS) is 10.8. The fourth-order valence-corrected chi connectivity index (χ4v) is 0.474. The van der Waals surface area contributed by atoms with Crippen LogP contribution >= 0.6 is 0 Å². The molecule has 0 saturated heterocycles. The predicted octanol–water partition coefficient (Wildman–Crippen LogP) is 2.76. The van der Waals surface area contributed by atoms with Gasteiger partial charge < -0.3 is 4.90 Å². The second-order valence-corrected chi connectivity index (χ2v) is 3.18. The third-order valence-corrected chi connectivity index (χ3v) is 1.62. The Morgan fingerprint density at radius 2 is 1.40 bits per heavy atom. The Bertz CT molecular complexity index is 61.6. The van der Waals surface area contributed by atoms with Crippen molar-refractivity contribution >= 4 is 0 Å². The molecule has 0 fully saturated rings. The summed E-state index contributed by atoms with van der Waals surface area (Å²) in [6.07, 6.45) is 0. The zero-order valence-electron chi connectivity index (χ0n) is 8.65. The summed E-state index contributed by atoms with van der Waals surface area (Å²) in [6, 6.07) is 0. The van der Waals surface area contributed by atoms with Gasteiger partial charge in [-0.3, -0.25) is 0 Å². The highest BCUT2D eigenvalue weighted by atomic mass is 15.1. The van der Waals surface area contributed by atoms with Crippen LogP contribution in [0.15, 0.2) is 0 Å². The minimum absolute atomic E-state index is 0.342. The van der Waals surface area contributed by atoms with E-state index in [-0.39, 0.29) is 0 Å². The van der Waals surface area contributed by atoms with Gasteiger partial charge in [0.25, 0.3) is 0 Å². The second-order valence-electron chi connectivity index (χ2n) is 3.18. The Labute approximate surface area is 66.4 Å². The minimum Gasteiger partial charge on any atom is -0.302 e. The van der Waals surface area contributed by atoms with Gasteiger partial charge in [0, 0.05) is 5.54 Å². The van der Waals surface area contributed by atoms with E-state index in [2.05, 4.69) is 39.6 Å². The van der Waals surface area contributed by atoms with Gasteiger partial charge in [0.05, 0.1) is 0 Å². The number of rotatable bonds is 1. The summed E-state index contributed by atoms with van der Waals surface area (Å²) in [5.41, 5.74) is 0.342. The summed E-state index contributed by atoms with van der Waals surface area (Å²) in [6.45, 7) is 14.0. The van der Waals surface area contributed by atoms with Crippen molar-refractivity contribution < 1.29 is 0 Å². The molecule has 1 heteroatoms. The van der Waals surface area contributed by atoms with Gasteiger partial charge in [0.2, 0.25) is 0 Å². The van der Waals surface area contributed by atoms with Crippen LogP contribution in [0.4, 0.5) is 0 Å². The summed E-state index contributed by atoms with van der Waals surface area (Å²) in [5.74, 6) is 0. The molecule has 0 N–H and O–H groups in total. The van der Waals surface area contributed by atoms with Crippen molar-refractivity contribution in [2.45, 2.75) is 47.1 Å². The average Bonchev–Trinajstić information content (AvgIpc) is 1.89. The summed E-state index contributed by atoms with van der Waals surface area (Å²) in [5, 5.41) is 0. The lowest BCUT2D eigenvalue weighted by atomic mass is 10.1. The van der Waals surface area contributed by atoms with Crippen molar-refractivity contribution in [3.05, 3.63) is 0 Å². The van der Waals surface area contributed by atoms with Crippen LogP contribution in [0.5, 0.6) is 0 Å². The van der Waals surface area contributed by atoms with E-state index in [1.54, 1.807) is 0 Å². The molecule has 0 radical (unpaired) electrons. The monoisotopic (exact) mass is 145 g/mol. The maximum Gasteiger partial charge on any atom is 0.0121 e. The van der Waals surface area contributed by atoms with Crippen molar-refractivity contribution in [1.29, 1.82) is 0 Å². The molecule has 10 heavy (non-hydrogen) atoms. The highest BCUT2D eigenvalue weighted by molar-refractivity contribution is 4.70. The van der Waals surface area contributed by atoms with E-state index < -0.39 is 0 Å². The first-order valence-electron chi connectivity index (χ1n) is 4.19. The Hall–Kier alpha value is -0.0400. The largest absolute Gasteiger partial charge is 0.302 e. The fourth-order valence-electron chi connectivity index (χ4n) is 0.474. The van der Waals surface area contributed by atoms with Crippen LogP contribution in [0.2, 0.25) is 0 Å². The molecular weight excluding hydrogens is 122 g/mol. The molecule has 0 aromatic carbocycles. The van der Waals surface area contributed by atoms with Gasteiger partial charge in [0.1, 0.15) is 0 Å². The summed E-state index contributed by atoms with van der Waals surface area (Å²) in [7, 11) is 2.14. The summed E-state index contributed by atoms with van der Waals surface area (Å²) in [4.78, 5) is 2.31. The standard InChI is InChI=1S/C7H17N.C2H6/c1-6-8(5)7(2,3)4;1-2/h6H2,1-5H3;1-2H3. The smallest absolute Gasteiger partial charge is 0.0121 e. The van der Waals surface area contributed by atoms with E-state index in [9.17, 15) is 0 Å². The maximum atomic E-state index is 2.31. The topological polar surface area (TPSA) is 3.24 Å². The molecule has 0 spiro atoms. The molecule has 0 amide bonds. The van der Waals surface area contributed by atoms with E-state index in [1.807, 2.05) is 13.8 Å². The van der Waals surface area contributed by atoms with Gasteiger partial charge in [-0.2, -0.15) is 0 Å². The lowest BCUT2D eigenvalue weighted by Crippen LogP contribution is -2.37. The van der Waals surface area contributed by atoms with Crippen LogP contribution in [-0.2, 0) is 0 Å². The van der Waals surface area contributed by atoms with Gasteiger partial charge in [0.15, 0.2) is 0 Å². The zero-order valence-corrected chi connectivity index (χ0v) is 8.65. The maximum absolute atomic E-state index is 2.31. The van der Waals surface area contributed by atoms with Crippen LogP contribution in [-0.4, -0.2) is 24.0 Å². The second kappa shape index (κ2) is 5.72. The third-order valence-electron chi connectivity index (χ3n) is 1.62. The molecule has 0 atom stereocenters. The summed E-state index contributed by atoms with van der Waals surface area (Å²) < 4.78 is 0. The molecule has 1 nitrogen and oxygen atoms in total. The number of nitrogens with zero attached hydrogens (tertiary/aromatic N) is 1. The molecule has 0 bridgehead atoms. The minimum atomic E-state index is 0.342. The van der Waals surface area contributed by atoms with Crippen molar-refractivity contribution in [2.75, 3.05) is 13.6 Å². The van der Waals surface area contributed by atoms with Crippen LogP contribution in [0.25, 0.3) is 0 Å². The fraction of sp³-hybridized carbons (Fsp3) is 1.00. The van der Waals surface area contributed by atoms with Gasteiger partial charge in [-0.1, -0.05) is 20.8 Å².